The van der Waals surface area contributed by atoms with Crippen molar-refractivity contribution in [3.05, 3.63) is 99.6 Å². The number of hydrogen-bond acceptors (Lipinski definition) is 10. The molecule has 4 aromatic rings. The first-order valence-corrected chi connectivity index (χ1v) is 23.8. The van der Waals surface area contributed by atoms with Gasteiger partial charge >= 0.3 is 0 Å². The average Bonchev–Trinajstić information content (AvgIpc) is 3.89. The summed E-state index contributed by atoms with van der Waals surface area (Å²) in [5.41, 5.74) is 6.62. The van der Waals surface area contributed by atoms with Crippen LogP contribution in [-0.2, 0) is 25.7 Å². The number of carbonyl (C=O) groups is 4. The Bertz CT molecular complexity index is 2270. The summed E-state index contributed by atoms with van der Waals surface area (Å²) < 4.78 is 12.1. The topological polar surface area (TPSA) is 171 Å². The molecule has 1 aliphatic heterocycles. The van der Waals surface area contributed by atoms with Gasteiger partial charge in [-0.2, -0.15) is 0 Å². The fourth-order valence-corrected chi connectivity index (χ4v) is 10.3. The summed E-state index contributed by atoms with van der Waals surface area (Å²) in [6.45, 7) is 17.2. The molecule has 5 N–H and O–H groups in total. The Morgan fingerprint density at radius 3 is 2.31 bits per heavy atom. The smallest absolute Gasteiger partial charge is 0.251 e. The molecule has 0 radical (unpaired) electrons. The van der Waals surface area contributed by atoms with Gasteiger partial charge in [-0.05, 0) is 92.1 Å². The highest BCUT2D eigenvalue weighted by Gasteiger charge is 2.64. The largest absolute Gasteiger partial charge is 0.489 e. The van der Waals surface area contributed by atoms with Gasteiger partial charge in [0.1, 0.15) is 30.5 Å². The monoisotopic (exact) mass is 928 g/mol. The third-order valence-electron chi connectivity index (χ3n) is 12.7. The predicted octanol–water partition coefficient (Wildman–Crippen LogP) is 7.71. The Hall–Kier alpha value is -5.02. The van der Waals surface area contributed by atoms with E-state index in [0.29, 0.717) is 17.2 Å². The van der Waals surface area contributed by atoms with Crippen LogP contribution in [0.3, 0.4) is 0 Å². The highest BCUT2D eigenvalue weighted by atomic mass is 35.5. The van der Waals surface area contributed by atoms with E-state index in [9.17, 15) is 24.3 Å². The third-order valence-corrected chi connectivity index (χ3v) is 14.1. The zero-order valence-electron chi connectivity index (χ0n) is 38.8. The number of β-amino-alcohol motifs (C(OH)–C–C–N with tert-alkyl or cyclic N) is 1. The van der Waals surface area contributed by atoms with E-state index >= 15 is 0 Å². The molecule has 2 aliphatic rings. The van der Waals surface area contributed by atoms with E-state index in [1.165, 1.54) is 4.90 Å². The van der Waals surface area contributed by atoms with Crippen molar-refractivity contribution in [3.8, 4) is 16.2 Å². The Morgan fingerprint density at radius 1 is 0.954 bits per heavy atom. The van der Waals surface area contributed by atoms with E-state index in [1.54, 1.807) is 11.3 Å². The van der Waals surface area contributed by atoms with Gasteiger partial charge in [0.15, 0.2) is 0 Å². The number of carbonyl (C=O) groups excluding carboxylic acids is 4. The van der Waals surface area contributed by atoms with Crippen LogP contribution in [0, 0.1) is 30.6 Å². The van der Waals surface area contributed by atoms with Gasteiger partial charge in [0.25, 0.3) is 5.91 Å². The van der Waals surface area contributed by atoms with Crippen molar-refractivity contribution in [2.24, 2.45) is 16.7 Å². The van der Waals surface area contributed by atoms with Crippen LogP contribution >= 0.6 is 22.9 Å². The van der Waals surface area contributed by atoms with Crippen molar-refractivity contribution in [1.82, 2.24) is 25.8 Å². The van der Waals surface area contributed by atoms with Gasteiger partial charge < -0.3 is 40.7 Å². The molecule has 3 atom stereocenters. The number of aliphatic hydroxyl groups excluding tert-OH is 1. The predicted molar refractivity (Wildman–Crippen MR) is 256 cm³/mol. The summed E-state index contributed by atoms with van der Waals surface area (Å²) in [6, 6.07) is 19.2. The number of benzene rings is 3. The van der Waals surface area contributed by atoms with E-state index in [4.69, 9.17) is 21.1 Å². The number of thiazole rings is 1. The first-order valence-electron chi connectivity index (χ1n) is 22.6. The molecule has 0 bridgehead atoms. The second kappa shape index (κ2) is 21.5. The number of hydrogen-bond donors (Lipinski definition) is 5. The number of anilines is 1. The standard InChI is InChI=1S/C50H65ClN6O7S/c1-30(2)42(46(62)57-27-37(58)24-40(57)45(61)53-26-33-13-15-34(16-14-33)43-32(4)54-29-65-43)55-41(59)28-63-23-11-9-10-22-52-36-19-17-35(18-20-36)44(60)56-47-49(5,6)48(50(47,7)8)64-38-21-12-31(3)39(51)25-38/h12-21,25,29-30,37,40,42,47-48,52,58H,9-11,22-24,26-28H2,1-8H3,(H,53,61)(H,55,59)(H,56,60)/t37-,40+,42+,47?,48?/m1/s1. The number of aryl methyl sites for hydroxylation is 2. The van der Waals surface area contributed by atoms with Crippen LogP contribution in [-0.4, -0.2) is 95.3 Å². The van der Waals surface area contributed by atoms with Crippen molar-refractivity contribution in [2.45, 2.75) is 118 Å². The summed E-state index contributed by atoms with van der Waals surface area (Å²) in [7, 11) is 0. The van der Waals surface area contributed by atoms with Crippen LogP contribution in [0.1, 0.15) is 94.4 Å². The van der Waals surface area contributed by atoms with Gasteiger partial charge in [-0.15, -0.1) is 11.3 Å². The van der Waals surface area contributed by atoms with Crippen LogP contribution in [0.5, 0.6) is 5.75 Å². The maximum absolute atomic E-state index is 13.8. The minimum atomic E-state index is -0.885. The number of amides is 4. The summed E-state index contributed by atoms with van der Waals surface area (Å²) >= 11 is 7.92. The maximum Gasteiger partial charge on any atom is 0.251 e. The summed E-state index contributed by atoms with van der Waals surface area (Å²) in [4.78, 5) is 60.2. The van der Waals surface area contributed by atoms with Crippen LogP contribution in [0.15, 0.2) is 72.2 Å². The molecule has 2 fully saturated rings. The number of aliphatic hydroxyl groups is 1. The molecule has 0 unspecified atom stereocenters. The molecule has 4 amide bonds. The lowest BCUT2D eigenvalue weighted by molar-refractivity contribution is -0.164. The molecule has 65 heavy (non-hydrogen) atoms. The van der Waals surface area contributed by atoms with Crippen molar-refractivity contribution in [3.63, 3.8) is 0 Å². The number of halogens is 1. The second-order valence-corrected chi connectivity index (χ2v) is 20.2. The fraction of sp³-hybridized carbons (Fsp3) is 0.500. The number of rotatable bonds is 20. The first-order chi connectivity index (χ1) is 30.9. The molecule has 1 aromatic heterocycles. The Kier molecular flexibility index (Phi) is 16.4. The first kappa shape index (κ1) is 49.4. The Labute approximate surface area is 392 Å². The lowest BCUT2D eigenvalue weighted by Gasteiger charge is -2.63. The number of nitrogens with one attached hydrogen (secondary N) is 4. The van der Waals surface area contributed by atoms with Gasteiger partial charge in [0.2, 0.25) is 17.7 Å². The molecule has 350 valence electrons. The van der Waals surface area contributed by atoms with E-state index in [2.05, 4.69) is 53.9 Å². The molecule has 15 heteroatoms. The molecule has 0 spiro atoms. The van der Waals surface area contributed by atoms with Crippen LogP contribution in [0.4, 0.5) is 5.69 Å². The molecule has 2 heterocycles. The van der Waals surface area contributed by atoms with E-state index in [-0.39, 0.29) is 66.8 Å². The molecule has 1 saturated heterocycles. The second-order valence-electron chi connectivity index (χ2n) is 18.9. The molecule has 1 aliphatic carbocycles. The zero-order chi connectivity index (χ0) is 47.1. The number of aromatic nitrogens is 1. The Morgan fingerprint density at radius 2 is 1.66 bits per heavy atom. The summed E-state index contributed by atoms with van der Waals surface area (Å²) in [5, 5.41) is 23.6. The fourth-order valence-electron chi connectivity index (χ4n) is 9.31. The van der Waals surface area contributed by atoms with Gasteiger partial charge in [-0.3, -0.25) is 19.2 Å². The minimum absolute atomic E-state index is 0.00824. The zero-order valence-corrected chi connectivity index (χ0v) is 40.4. The third kappa shape index (κ3) is 12.1. The molecule has 3 aromatic carbocycles. The number of ether oxygens (including phenoxy) is 2. The SMILES string of the molecule is Cc1ccc(OC2C(C)(C)C(NC(=O)c3ccc(NCCCCCOCC(=O)N[C@H](C(=O)N4C[C@H](O)C[C@H]4C(=O)NCc4ccc(-c5scnc5C)cc4)C(C)C)cc3)C2(C)C)cc1Cl. The molecule has 6 rings (SSSR count). The highest BCUT2D eigenvalue weighted by molar-refractivity contribution is 7.13. The number of nitrogens with zero attached hydrogens (tertiary/aromatic N) is 2. The molecular weight excluding hydrogens is 864 g/mol. The van der Waals surface area contributed by atoms with E-state index < -0.39 is 30.0 Å². The van der Waals surface area contributed by atoms with Gasteiger partial charge in [-0.1, -0.05) is 83.5 Å². The normalized spacial score (nSPS) is 20.1. The summed E-state index contributed by atoms with van der Waals surface area (Å²) in [5.74, 6) is -0.857. The van der Waals surface area contributed by atoms with Crippen LogP contribution < -0.4 is 26.0 Å². The number of likely N-dealkylation sites (tertiary alicyclic amines) is 1. The van der Waals surface area contributed by atoms with Gasteiger partial charge in [0.05, 0.1) is 22.2 Å². The lowest BCUT2D eigenvalue weighted by Crippen LogP contribution is -2.74. The van der Waals surface area contributed by atoms with Crippen LogP contribution in [0.25, 0.3) is 10.4 Å². The molecular formula is C50H65ClN6O7S. The van der Waals surface area contributed by atoms with Gasteiger partial charge in [-0.25, -0.2) is 4.98 Å². The maximum atomic E-state index is 13.8. The lowest BCUT2D eigenvalue weighted by atomic mass is 9.49. The quantitative estimate of drug-likeness (QED) is 0.0557. The minimum Gasteiger partial charge on any atom is -0.489 e. The van der Waals surface area contributed by atoms with E-state index in [1.807, 2.05) is 99.9 Å². The summed E-state index contributed by atoms with van der Waals surface area (Å²) in [6.07, 6.45) is 1.64. The van der Waals surface area contributed by atoms with Crippen molar-refractivity contribution >= 4 is 52.3 Å². The highest BCUT2D eigenvalue weighted by Crippen LogP contribution is 2.55. The van der Waals surface area contributed by atoms with Crippen LogP contribution in [0.2, 0.25) is 5.02 Å². The van der Waals surface area contributed by atoms with Gasteiger partial charge in [0, 0.05) is 65.8 Å². The van der Waals surface area contributed by atoms with Crippen molar-refractivity contribution in [2.75, 3.05) is 31.6 Å². The van der Waals surface area contributed by atoms with E-state index in [0.717, 1.165) is 64.5 Å². The van der Waals surface area contributed by atoms with Crippen molar-refractivity contribution in [1.29, 1.82) is 0 Å². The Balaban J connectivity index is 0.863. The average molecular weight is 930 g/mol. The molecule has 1 saturated carbocycles. The molecule has 13 nitrogen and oxygen atoms in total. The van der Waals surface area contributed by atoms with Crippen molar-refractivity contribution < 1.29 is 33.8 Å². The number of unbranched alkanes of at least 4 members (excludes halogenated alkanes) is 2.